The van der Waals surface area contributed by atoms with E-state index in [-0.39, 0.29) is 16.7 Å². The molecule has 5 rings (SSSR count). The summed E-state index contributed by atoms with van der Waals surface area (Å²) in [7, 11) is 2.08. The number of anilines is 1. The molecule has 0 saturated heterocycles. The molecule has 0 saturated carbocycles. The van der Waals surface area contributed by atoms with Crippen LogP contribution in [0, 0.1) is 0 Å². The topological polar surface area (TPSA) is 79.2 Å². The molecule has 3 heterocycles. The Kier molecular flexibility index (Phi) is 4.55. The summed E-state index contributed by atoms with van der Waals surface area (Å²) in [5, 5.41) is 0.821. The Morgan fingerprint density at radius 3 is 2.59 bits per heavy atom. The van der Waals surface area contributed by atoms with Crippen LogP contribution >= 0.6 is 0 Å². The maximum atomic E-state index is 12.9. The second kappa shape index (κ2) is 7.19. The van der Waals surface area contributed by atoms with E-state index in [1.807, 2.05) is 36.4 Å². The second-order valence-corrected chi connectivity index (χ2v) is 9.22. The van der Waals surface area contributed by atoms with Crippen LogP contribution in [0.2, 0.25) is 0 Å². The van der Waals surface area contributed by atoms with Crippen LogP contribution < -0.4 is 16.1 Å². The van der Waals surface area contributed by atoms with Crippen molar-refractivity contribution < 1.29 is 4.42 Å². The van der Waals surface area contributed by atoms with Crippen LogP contribution in [0.5, 0.6) is 0 Å². The molecule has 32 heavy (non-hydrogen) atoms. The molecule has 6 nitrogen and oxygen atoms in total. The van der Waals surface area contributed by atoms with Gasteiger partial charge < -0.3 is 14.3 Å². The van der Waals surface area contributed by atoms with Crippen molar-refractivity contribution in [1.29, 1.82) is 0 Å². The molecule has 162 valence electrons. The van der Waals surface area contributed by atoms with Crippen LogP contribution in [0.4, 0.5) is 5.69 Å². The zero-order valence-electron chi connectivity index (χ0n) is 18.6. The summed E-state index contributed by atoms with van der Waals surface area (Å²) < 4.78 is 5.72. The number of nitrogens with one attached hydrogen (secondary N) is 1. The maximum absolute atomic E-state index is 12.9. The molecule has 0 spiro atoms. The van der Waals surface area contributed by atoms with Gasteiger partial charge in [-0.3, -0.25) is 4.79 Å². The van der Waals surface area contributed by atoms with Crippen LogP contribution in [-0.4, -0.2) is 22.6 Å². The molecule has 0 radical (unpaired) electrons. The highest BCUT2D eigenvalue weighted by atomic mass is 16.4. The SMILES string of the molecule is CC1CC(C)(C)N(C)c2cc3oc(=O)c(-c4cc(=O)[nH]c(-c5ccccc5)n4)cc3cc21. The summed E-state index contributed by atoms with van der Waals surface area (Å²) >= 11 is 0. The second-order valence-electron chi connectivity index (χ2n) is 9.22. The van der Waals surface area contributed by atoms with E-state index in [4.69, 9.17) is 4.42 Å². The van der Waals surface area contributed by atoms with Crippen molar-refractivity contribution in [3.63, 3.8) is 0 Å². The van der Waals surface area contributed by atoms with E-state index in [1.54, 1.807) is 6.07 Å². The number of aromatic nitrogens is 2. The largest absolute Gasteiger partial charge is 0.422 e. The maximum Gasteiger partial charge on any atom is 0.345 e. The van der Waals surface area contributed by atoms with Crippen molar-refractivity contribution >= 4 is 16.7 Å². The van der Waals surface area contributed by atoms with E-state index in [1.165, 1.54) is 11.6 Å². The fraction of sp³-hybridized carbons (Fsp3) is 0.269. The van der Waals surface area contributed by atoms with Gasteiger partial charge in [0.2, 0.25) is 0 Å². The third kappa shape index (κ3) is 3.32. The zero-order valence-corrected chi connectivity index (χ0v) is 18.6. The number of fused-ring (bicyclic) bond motifs is 2. The Balaban J connectivity index is 1.68. The molecule has 2 aromatic carbocycles. The fourth-order valence-corrected chi connectivity index (χ4v) is 4.69. The fourth-order valence-electron chi connectivity index (χ4n) is 4.69. The Hall–Kier alpha value is -3.67. The van der Waals surface area contributed by atoms with Crippen molar-refractivity contribution in [3.05, 3.63) is 80.9 Å². The predicted octanol–water partition coefficient (Wildman–Crippen LogP) is 4.93. The van der Waals surface area contributed by atoms with Crippen molar-refractivity contribution in [3.8, 4) is 22.6 Å². The van der Waals surface area contributed by atoms with Gasteiger partial charge in [-0.15, -0.1) is 0 Å². The number of hydrogen-bond acceptors (Lipinski definition) is 5. The molecule has 1 aliphatic rings. The lowest BCUT2D eigenvalue weighted by atomic mass is 9.80. The van der Waals surface area contributed by atoms with Gasteiger partial charge in [-0.2, -0.15) is 0 Å². The molecular weight excluding hydrogens is 402 g/mol. The predicted molar refractivity (Wildman–Crippen MR) is 127 cm³/mol. The minimum absolute atomic E-state index is 0.0170. The first-order valence-corrected chi connectivity index (χ1v) is 10.8. The third-order valence-corrected chi connectivity index (χ3v) is 6.55. The van der Waals surface area contributed by atoms with E-state index in [2.05, 4.69) is 48.8 Å². The average Bonchev–Trinajstić information content (AvgIpc) is 2.76. The standard InChI is InChI=1S/C26H25N3O3/c1-15-14-26(2,3)29(4)21-13-22-17(10-18(15)21)11-19(25(31)32-22)20-12-23(30)28-24(27-20)16-8-6-5-7-9-16/h5-13,15H,14H2,1-4H3,(H,27,28,30). The molecule has 0 aliphatic carbocycles. The first-order chi connectivity index (χ1) is 15.2. The molecular formula is C26H25N3O3. The minimum Gasteiger partial charge on any atom is -0.422 e. The number of benzene rings is 2. The number of hydrogen-bond donors (Lipinski definition) is 1. The minimum atomic E-state index is -0.514. The molecule has 1 N–H and O–H groups in total. The Morgan fingerprint density at radius 2 is 1.84 bits per heavy atom. The molecule has 4 aromatic rings. The van der Waals surface area contributed by atoms with E-state index in [0.29, 0.717) is 23.0 Å². The van der Waals surface area contributed by atoms with Gasteiger partial charge in [-0.05, 0) is 43.9 Å². The van der Waals surface area contributed by atoms with Gasteiger partial charge in [0.05, 0.1) is 11.3 Å². The van der Waals surface area contributed by atoms with Gasteiger partial charge in [-0.25, -0.2) is 9.78 Å². The highest BCUT2D eigenvalue weighted by Gasteiger charge is 2.34. The summed E-state index contributed by atoms with van der Waals surface area (Å²) in [4.78, 5) is 34.8. The molecule has 1 unspecified atom stereocenters. The van der Waals surface area contributed by atoms with Gasteiger partial charge in [-0.1, -0.05) is 37.3 Å². The lowest BCUT2D eigenvalue weighted by molar-refractivity contribution is 0.395. The lowest BCUT2D eigenvalue weighted by Gasteiger charge is -2.45. The highest BCUT2D eigenvalue weighted by Crippen LogP contribution is 2.44. The normalized spacial score (nSPS) is 17.4. The Bertz CT molecular complexity index is 1450. The van der Waals surface area contributed by atoms with Crippen molar-refractivity contribution in [2.45, 2.75) is 38.6 Å². The highest BCUT2D eigenvalue weighted by molar-refractivity contribution is 5.86. The molecule has 0 bridgehead atoms. The quantitative estimate of drug-likeness (QED) is 0.459. The zero-order chi connectivity index (χ0) is 22.6. The van der Waals surface area contributed by atoms with E-state index in [0.717, 1.165) is 23.1 Å². The smallest absolute Gasteiger partial charge is 0.345 e. The van der Waals surface area contributed by atoms with Crippen molar-refractivity contribution in [2.24, 2.45) is 0 Å². The molecule has 6 heteroatoms. The van der Waals surface area contributed by atoms with Crippen LogP contribution in [0.15, 0.2) is 68.6 Å². The van der Waals surface area contributed by atoms with Gasteiger partial charge >= 0.3 is 5.63 Å². The molecule has 1 aliphatic heterocycles. The van der Waals surface area contributed by atoms with Gasteiger partial charge in [0.25, 0.3) is 5.56 Å². The van der Waals surface area contributed by atoms with Gasteiger partial charge in [0, 0.05) is 41.4 Å². The van der Waals surface area contributed by atoms with E-state index < -0.39 is 5.63 Å². The summed E-state index contributed by atoms with van der Waals surface area (Å²) in [5.74, 6) is 0.786. The summed E-state index contributed by atoms with van der Waals surface area (Å²) in [5.41, 5.74) is 3.36. The molecule has 2 aromatic heterocycles. The lowest BCUT2D eigenvalue weighted by Crippen LogP contribution is -2.45. The van der Waals surface area contributed by atoms with Crippen LogP contribution in [0.1, 0.15) is 38.7 Å². The van der Waals surface area contributed by atoms with Crippen LogP contribution in [0.25, 0.3) is 33.6 Å². The molecule has 0 amide bonds. The number of aromatic amines is 1. The Morgan fingerprint density at radius 1 is 1.09 bits per heavy atom. The number of rotatable bonds is 2. The van der Waals surface area contributed by atoms with Crippen LogP contribution in [-0.2, 0) is 0 Å². The summed E-state index contributed by atoms with van der Waals surface area (Å²) in [6.07, 6.45) is 1.03. The van der Waals surface area contributed by atoms with Crippen molar-refractivity contribution in [1.82, 2.24) is 9.97 Å². The van der Waals surface area contributed by atoms with Gasteiger partial charge in [0.1, 0.15) is 11.4 Å². The Labute approximate surface area is 185 Å². The number of H-pyrrole nitrogens is 1. The average molecular weight is 428 g/mol. The van der Waals surface area contributed by atoms with Crippen molar-refractivity contribution in [2.75, 3.05) is 11.9 Å². The summed E-state index contributed by atoms with van der Waals surface area (Å²) in [6.45, 7) is 6.67. The first kappa shape index (κ1) is 20.2. The molecule has 1 atom stereocenters. The monoisotopic (exact) mass is 427 g/mol. The van der Waals surface area contributed by atoms with Crippen LogP contribution in [0.3, 0.4) is 0 Å². The number of nitrogens with zero attached hydrogens (tertiary/aromatic N) is 2. The van der Waals surface area contributed by atoms with E-state index in [9.17, 15) is 9.59 Å². The van der Waals surface area contributed by atoms with Gasteiger partial charge in [0.15, 0.2) is 0 Å². The molecule has 0 fully saturated rings. The first-order valence-electron chi connectivity index (χ1n) is 10.8. The third-order valence-electron chi connectivity index (χ3n) is 6.55. The summed E-state index contributed by atoms with van der Waals surface area (Å²) in [6, 6.07) is 16.5. The van der Waals surface area contributed by atoms with E-state index >= 15 is 0 Å².